The number of piperidine rings is 1. The third-order valence-electron chi connectivity index (χ3n) is 6.01. The first-order valence-corrected chi connectivity index (χ1v) is 11.8. The topological polar surface area (TPSA) is 83.6 Å². The number of alkyl halides is 3. The Morgan fingerprint density at radius 3 is 2.24 bits per heavy atom. The largest absolute Gasteiger partial charge is 0.490 e. The first-order valence-electron chi connectivity index (χ1n) is 11.8. The van der Waals surface area contributed by atoms with E-state index in [1.807, 2.05) is 29.2 Å². The van der Waals surface area contributed by atoms with Gasteiger partial charge in [0.05, 0.1) is 5.56 Å². The standard InChI is InChI=1S/C27H25FN2O.C2HF3O2/c28-26-10-2-1-7-23(26)12-11-20-5-3-9-25(17-20)27(31)30-15-13-22(14-16-30)24-8-4-6-21(18-24)19-29;3-2(4,5)1(6)7/h1-10,17-18,22H,13-16,19,29H2;(H,6,7). The van der Waals surface area contributed by atoms with E-state index in [9.17, 15) is 22.4 Å². The number of aliphatic carboxylic acids is 1. The Morgan fingerprint density at radius 1 is 0.947 bits per heavy atom. The number of nitrogens with two attached hydrogens (primary N) is 1. The second kappa shape index (κ2) is 12.9. The van der Waals surface area contributed by atoms with Crippen LogP contribution in [0, 0.1) is 17.7 Å². The van der Waals surface area contributed by atoms with Crippen molar-refractivity contribution in [3.63, 3.8) is 0 Å². The van der Waals surface area contributed by atoms with Crippen LogP contribution in [0.25, 0.3) is 0 Å². The van der Waals surface area contributed by atoms with E-state index >= 15 is 0 Å². The summed E-state index contributed by atoms with van der Waals surface area (Å²) in [7, 11) is 0. The summed E-state index contributed by atoms with van der Waals surface area (Å²) in [5.74, 6) is 3.19. The molecular weight excluding hydrogens is 500 g/mol. The van der Waals surface area contributed by atoms with Crippen LogP contribution in [0.5, 0.6) is 0 Å². The summed E-state index contributed by atoms with van der Waals surface area (Å²) < 4.78 is 45.5. The Morgan fingerprint density at radius 2 is 1.61 bits per heavy atom. The third-order valence-corrected chi connectivity index (χ3v) is 6.01. The van der Waals surface area contributed by atoms with E-state index in [4.69, 9.17) is 15.6 Å². The van der Waals surface area contributed by atoms with Gasteiger partial charge in [-0.15, -0.1) is 0 Å². The normalized spacial score (nSPS) is 13.6. The van der Waals surface area contributed by atoms with Gasteiger partial charge in [-0.3, -0.25) is 4.79 Å². The first-order chi connectivity index (χ1) is 18.1. The minimum Gasteiger partial charge on any atom is -0.475 e. The molecule has 0 unspecified atom stereocenters. The predicted molar refractivity (Wildman–Crippen MR) is 135 cm³/mol. The van der Waals surface area contributed by atoms with Gasteiger partial charge in [-0.1, -0.05) is 54.3 Å². The number of rotatable bonds is 3. The summed E-state index contributed by atoms with van der Waals surface area (Å²) in [5, 5.41) is 7.12. The Balaban J connectivity index is 0.000000505. The molecule has 0 saturated carbocycles. The molecule has 3 N–H and O–H groups in total. The Kier molecular flexibility index (Phi) is 9.63. The number of amides is 1. The second-order valence-corrected chi connectivity index (χ2v) is 8.63. The summed E-state index contributed by atoms with van der Waals surface area (Å²) in [4.78, 5) is 23.8. The van der Waals surface area contributed by atoms with Crippen molar-refractivity contribution in [1.29, 1.82) is 0 Å². The quantitative estimate of drug-likeness (QED) is 0.357. The number of benzene rings is 3. The molecule has 1 amide bonds. The number of hydrogen-bond acceptors (Lipinski definition) is 3. The highest BCUT2D eigenvalue weighted by Crippen LogP contribution is 2.29. The lowest BCUT2D eigenvalue weighted by molar-refractivity contribution is -0.192. The lowest BCUT2D eigenvalue weighted by atomic mass is 9.88. The van der Waals surface area contributed by atoms with Crippen molar-refractivity contribution >= 4 is 11.9 Å². The monoisotopic (exact) mass is 526 g/mol. The van der Waals surface area contributed by atoms with Gasteiger partial charge in [0.15, 0.2) is 0 Å². The summed E-state index contributed by atoms with van der Waals surface area (Å²) in [6.45, 7) is 1.99. The molecule has 0 atom stereocenters. The second-order valence-electron chi connectivity index (χ2n) is 8.63. The van der Waals surface area contributed by atoms with Gasteiger partial charge in [0.2, 0.25) is 0 Å². The number of carboxylic acid groups (broad SMARTS) is 1. The average Bonchev–Trinajstić information content (AvgIpc) is 2.92. The van der Waals surface area contributed by atoms with Crippen molar-refractivity contribution in [3.05, 3.63) is 106 Å². The summed E-state index contributed by atoms with van der Waals surface area (Å²) in [5.41, 5.74) is 9.88. The van der Waals surface area contributed by atoms with Gasteiger partial charge in [0.1, 0.15) is 5.82 Å². The molecule has 38 heavy (non-hydrogen) atoms. The van der Waals surface area contributed by atoms with Crippen LogP contribution < -0.4 is 5.73 Å². The van der Waals surface area contributed by atoms with Crippen LogP contribution in [0.3, 0.4) is 0 Å². The Labute approximate surface area is 217 Å². The Bertz CT molecular complexity index is 1340. The fraction of sp³-hybridized carbons (Fsp3) is 0.241. The number of carbonyl (C=O) groups excluding carboxylic acids is 1. The highest BCUT2D eigenvalue weighted by Gasteiger charge is 2.38. The molecule has 0 aliphatic carbocycles. The molecule has 1 heterocycles. The fourth-order valence-corrected chi connectivity index (χ4v) is 4.00. The van der Waals surface area contributed by atoms with Crippen molar-refractivity contribution < 1.29 is 32.3 Å². The summed E-state index contributed by atoms with van der Waals surface area (Å²) >= 11 is 0. The van der Waals surface area contributed by atoms with Gasteiger partial charge in [0, 0.05) is 30.8 Å². The molecular formula is C29H26F4N2O3. The third kappa shape index (κ3) is 7.92. The molecule has 1 saturated heterocycles. The highest BCUT2D eigenvalue weighted by molar-refractivity contribution is 5.94. The minimum absolute atomic E-state index is 0.0173. The molecule has 3 aromatic rings. The molecule has 198 valence electrons. The smallest absolute Gasteiger partial charge is 0.475 e. The van der Waals surface area contributed by atoms with Gasteiger partial charge >= 0.3 is 12.1 Å². The van der Waals surface area contributed by atoms with E-state index in [-0.39, 0.29) is 11.7 Å². The zero-order valence-corrected chi connectivity index (χ0v) is 20.3. The number of carboxylic acids is 1. The highest BCUT2D eigenvalue weighted by atomic mass is 19.4. The number of likely N-dealkylation sites (tertiary alicyclic amines) is 1. The maximum atomic E-state index is 13.8. The van der Waals surface area contributed by atoms with E-state index < -0.39 is 12.1 Å². The van der Waals surface area contributed by atoms with Gasteiger partial charge in [-0.05, 0) is 60.2 Å². The zero-order valence-electron chi connectivity index (χ0n) is 20.3. The van der Waals surface area contributed by atoms with Crippen molar-refractivity contribution in [3.8, 4) is 11.8 Å². The van der Waals surface area contributed by atoms with Crippen LogP contribution in [-0.2, 0) is 11.3 Å². The number of hydrogen-bond donors (Lipinski definition) is 2. The van der Waals surface area contributed by atoms with Crippen LogP contribution in [0.2, 0.25) is 0 Å². The van der Waals surface area contributed by atoms with Crippen molar-refractivity contribution in [2.75, 3.05) is 13.1 Å². The van der Waals surface area contributed by atoms with Crippen LogP contribution in [-0.4, -0.2) is 41.1 Å². The lowest BCUT2D eigenvalue weighted by Gasteiger charge is -2.32. The van der Waals surface area contributed by atoms with Crippen LogP contribution in [0.4, 0.5) is 17.6 Å². The summed E-state index contributed by atoms with van der Waals surface area (Å²) in [6, 6.07) is 22.1. The molecule has 1 fully saturated rings. The number of nitrogens with zero attached hydrogens (tertiary/aromatic N) is 1. The molecule has 1 aliphatic rings. The van der Waals surface area contributed by atoms with Gasteiger partial charge in [0.25, 0.3) is 5.91 Å². The average molecular weight is 527 g/mol. The minimum atomic E-state index is -5.08. The van der Waals surface area contributed by atoms with E-state index in [0.29, 0.717) is 29.2 Å². The number of carbonyl (C=O) groups is 2. The van der Waals surface area contributed by atoms with Crippen molar-refractivity contribution in [2.24, 2.45) is 5.73 Å². The van der Waals surface area contributed by atoms with Gasteiger partial charge in [-0.25, -0.2) is 9.18 Å². The molecule has 9 heteroatoms. The molecule has 4 rings (SSSR count). The van der Waals surface area contributed by atoms with Crippen molar-refractivity contribution in [2.45, 2.75) is 31.5 Å². The molecule has 3 aromatic carbocycles. The molecule has 0 spiro atoms. The van der Waals surface area contributed by atoms with Gasteiger partial charge in [-0.2, -0.15) is 13.2 Å². The van der Waals surface area contributed by atoms with Crippen LogP contribution >= 0.6 is 0 Å². The molecule has 5 nitrogen and oxygen atoms in total. The first kappa shape index (κ1) is 28.4. The predicted octanol–water partition coefficient (Wildman–Crippen LogP) is 5.34. The van der Waals surface area contributed by atoms with Crippen molar-refractivity contribution in [1.82, 2.24) is 4.90 Å². The maximum Gasteiger partial charge on any atom is 0.490 e. The fourth-order valence-electron chi connectivity index (χ4n) is 4.00. The van der Waals surface area contributed by atoms with Crippen LogP contribution in [0.1, 0.15) is 51.4 Å². The molecule has 0 aromatic heterocycles. The SMILES string of the molecule is NCc1cccc(C2CCN(C(=O)c3cccc(C#Cc4ccccc4F)c3)CC2)c1.O=C(O)C(F)(F)F. The molecule has 0 radical (unpaired) electrons. The lowest BCUT2D eigenvalue weighted by Crippen LogP contribution is -2.37. The van der Waals surface area contributed by atoms with E-state index in [1.54, 1.807) is 24.3 Å². The van der Waals surface area contributed by atoms with E-state index in [1.165, 1.54) is 11.6 Å². The van der Waals surface area contributed by atoms with E-state index in [0.717, 1.165) is 31.5 Å². The number of halogens is 4. The maximum absolute atomic E-state index is 13.8. The zero-order chi connectivity index (χ0) is 27.7. The summed E-state index contributed by atoms with van der Waals surface area (Å²) in [6.07, 6.45) is -3.21. The molecule has 0 bridgehead atoms. The molecule has 1 aliphatic heterocycles. The van der Waals surface area contributed by atoms with Crippen LogP contribution in [0.15, 0.2) is 72.8 Å². The Hall–Kier alpha value is -4.16. The van der Waals surface area contributed by atoms with Gasteiger partial charge < -0.3 is 15.7 Å². The van der Waals surface area contributed by atoms with E-state index in [2.05, 4.69) is 30.0 Å².